The van der Waals surface area contributed by atoms with E-state index in [0.29, 0.717) is 34.9 Å². The number of anilines is 1. The first-order valence-electron chi connectivity index (χ1n) is 9.78. The van der Waals surface area contributed by atoms with Gasteiger partial charge >= 0.3 is 6.18 Å². The van der Waals surface area contributed by atoms with Crippen molar-refractivity contribution in [2.45, 2.75) is 32.5 Å². The molecule has 3 aromatic rings. The van der Waals surface area contributed by atoms with Crippen LogP contribution >= 0.6 is 11.6 Å². The minimum absolute atomic E-state index is 0.143. The smallest absolute Gasteiger partial charge is 0.364 e. The molecule has 1 atom stereocenters. The van der Waals surface area contributed by atoms with Gasteiger partial charge in [0.15, 0.2) is 0 Å². The van der Waals surface area contributed by atoms with Crippen molar-refractivity contribution in [3.63, 3.8) is 0 Å². The number of likely N-dealkylation sites (tertiary alicyclic amines) is 1. The maximum atomic E-state index is 13.4. The fraction of sp³-hybridized carbons (Fsp3) is 0.318. The first kappa shape index (κ1) is 21.4. The van der Waals surface area contributed by atoms with Gasteiger partial charge in [0.2, 0.25) is 0 Å². The summed E-state index contributed by atoms with van der Waals surface area (Å²) in [4.78, 5) is 23.2. The molecule has 31 heavy (non-hydrogen) atoms. The molecule has 1 unspecified atom stereocenters. The number of alkyl halides is 3. The number of amides is 1. The Labute approximate surface area is 182 Å². The number of carbonyl (C=O) groups is 1. The lowest BCUT2D eigenvalue weighted by Crippen LogP contribution is -2.33. The Morgan fingerprint density at radius 2 is 1.97 bits per heavy atom. The van der Waals surface area contributed by atoms with Gasteiger partial charge < -0.3 is 10.2 Å². The highest BCUT2D eigenvalue weighted by atomic mass is 35.5. The highest BCUT2D eigenvalue weighted by Crippen LogP contribution is 2.33. The number of fused-ring (bicyclic) bond motifs is 1. The van der Waals surface area contributed by atoms with Gasteiger partial charge in [-0.2, -0.15) is 13.2 Å². The van der Waals surface area contributed by atoms with Gasteiger partial charge in [0.05, 0.1) is 28.4 Å². The summed E-state index contributed by atoms with van der Waals surface area (Å²) in [6.07, 6.45) is -2.40. The largest absolute Gasteiger partial charge is 0.417 e. The summed E-state index contributed by atoms with van der Waals surface area (Å²) in [5.74, 6) is -0.0922. The predicted octanol–water partition coefficient (Wildman–Crippen LogP) is 5.25. The van der Waals surface area contributed by atoms with E-state index in [-0.39, 0.29) is 18.2 Å². The average Bonchev–Trinajstić information content (AvgIpc) is 3.16. The summed E-state index contributed by atoms with van der Waals surface area (Å²) in [7, 11) is 0. The number of nitrogens with one attached hydrogen (secondary N) is 1. The van der Waals surface area contributed by atoms with Crippen LogP contribution in [-0.2, 0) is 6.18 Å². The van der Waals surface area contributed by atoms with E-state index in [2.05, 4.69) is 15.3 Å². The molecule has 0 saturated carbocycles. The second-order valence-electron chi connectivity index (χ2n) is 7.77. The number of hydrogen-bond donors (Lipinski definition) is 1. The first-order valence-corrected chi connectivity index (χ1v) is 10.2. The Morgan fingerprint density at radius 1 is 1.19 bits per heavy atom. The van der Waals surface area contributed by atoms with Gasteiger partial charge in [0.1, 0.15) is 5.82 Å². The van der Waals surface area contributed by atoms with Crippen LogP contribution in [0.5, 0.6) is 0 Å². The van der Waals surface area contributed by atoms with Crippen LogP contribution in [0.15, 0.2) is 36.5 Å². The van der Waals surface area contributed by atoms with E-state index in [9.17, 15) is 18.0 Å². The van der Waals surface area contributed by atoms with Crippen molar-refractivity contribution in [1.82, 2.24) is 14.9 Å². The minimum Gasteiger partial charge on any atom is -0.364 e. The predicted molar refractivity (Wildman–Crippen MR) is 113 cm³/mol. The van der Waals surface area contributed by atoms with Crippen LogP contribution in [0.3, 0.4) is 0 Å². The molecular weight excluding hydrogens is 429 g/mol. The molecule has 1 saturated heterocycles. The fourth-order valence-corrected chi connectivity index (χ4v) is 3.89. The van der Waals surface area contributed by atoms with Gasteiger partial charge in [-0.05, 0) is 50.1 Å². The lowest BCUT2D eigenvalue weighted by atomic mass is 10.0. The second-order valence-corrected chi connectivity index (χ2v) is 8.18. The first-order chi connectivity index (χ1) is 14.6. The van der Waals surface area contributed by atoms with Crippen molar-refractivity contribution in [3.05, 3.63) is 63.8 Å². The average molecular weight is 449 g/mol. The van der Waals surface area contributed by atoms with E-state index in [1.54, 1.807) is 19.2 Å². The summed E-state index contributed by atoms with van der Waals surface area (Å²) < 4.78 is 40.1. The molecule has 0 bridgehead atoms. The van der Waals surface area contributed by atoms with Crippen LogP contribution < -0.4 is 5.32 Å². The quantitative estimate of drug-likeness (QED) is 0.595. The molecule has 1 N–H and O–H groups in total. The second kappa shape index (κ2) is 8.00. The monoisotopic (exact) mass is 448 g/mol. The van der Waals surface area contributed by atoms with Crippen molar-refractivity contribution >= 4 is 34.4 Å². The Bertz CT molecular complexity index is 1170. The number of benzene rings is 2. The van der Waals surface area contributed by atoms with Crippen LogP contribution in [0.1, 0.15) is 33.5 Å². The van der Waals surface area contributed by atoms with Gasteiger partial charge in [-0.15, -0.1) is 0 Å². The molecule has 1 aliphatic rings. The van der Waals surface area contributed by atoms with E-state index in [1.807, 2.05) is 13.0 Å². The van der Waals surface area contributed by atoms with E-state index >= 15 is 0 Å². The lowest BCUT2D eigenvalue weighted by molar-refractivity contribution is -0.138. The van der Waals surface area contributed by atoms with Crippen LogP contribution in [0.4, 0.5) is 19.0 Å². The molecule has 1 fully saturated rings. The minimum atomic E-state index is -4.59. The summed E-state index contributed by atoms with van der Waals surface area (Å²) in [5.41, 5.74) is 1.64. The third-order valence-electron chi connectivity index (χ3n) is 5.36. The number of hydrogen-bond acceptors (Lipinski definition) is 4. The van der Waals surface area contributed by atoms with E-state index in [1.165, 1.54) is 17.0 Å². The zero-order valence-corrected chi connectivity index (χ0v) is 17.7. The third-order valence-corrected chi connectivity index (χ3v) is 5.77. The van der Waals surface area contributed by atoms with Crippen molar-refractivity contribution in [1.29, 1.82) is 0 Å². The van der Waals surface area contributed by atoms with Crippen LogP contribution in [0, 0.1) is 13.8 Å². The van der Waals surface area contributed by atoms with Crippen molar-refractivity contribution in [2.24, 2.45) is 0 Å². The molecule has 9 heteroatoms. The molecule has 0 aliphatic carbocycles. The molecule has 2 aromatic carbocycles. The summed E-state index contributed by atoms with van der Waals surface area (Å²) in [6.45, 7) is 4.18. The summed E-state index contributed by atoms with van der Waals surface area (Å²) >= 11 is 6.17. The van der Waals surface area contributed by atoms with Crippen LogP contribution in [0.25, 0.3) is 11.0 Å². The number of rotatable bonds is 3. The van der Waals surface area contributed by atoms with E-state index in [4.69, 9.17) is 11.6 Å². The Hall–Kier alpha value is -2.87. The molecule has 1 aliphatic heterocycles. The molecular formula is C22H20ClF3N4O. The highest BCUT2D eigenvalue weighted by Gasteiger charge is 2.37. The zero-order chi connectivity index (χ0) is 22.3. The maximum absolute atomic E-state index is 13.4. The van der Waals surface area contributed by atoms with Gasteiger partial charge in [0.25, 0.3) is 5.91 Å². The highest BCUT2D eigenvalue weighted by molar-refractivity contribution is 6.32. The molecule has 5 nitrogen and oxygen atoms in total. The fourth-order valence-electron chi connectivity index (χ4n) is 3.73. The lowest BCUT2D eigenvalue weighted by Gasteiger charge is -2.20. The Kier molecular flexibility index (Phi) is 5.51. The number of aromatic nitrogens is 2. The van der Waals surface area contributed by atoms with Crippen molar-refractivity contribution < 1.29 is 18.0 Å². The third kappa shape index (κ3) is 4.44. The SMILES string of the molecule is Cc1ccc(C(F)(F)F)c(C(=O)N2CCC(Nc3cnc4cc(C)c(Cl)cc4n3)C2)c1. The maximum Gasteiger partial charge on any atom is 0.417 e. The zero-order valence-electron chi connectivity index (χ0n) is 16.9. The van der Waals surface area contributed by atoms with Gasteiger partial charge in [-0.3, -0.25) is 9.78 Å². The Morgan fingerprint density at radius 3 is 2.71 bits per heavy atom. The van der Waals surface area contributed by atoms with Gasteiger partial charge in [-0.1, -0.05) is 23.2 Å². The summed E-state index contributed by atoms with van der Waals surface area (Å²) in [5, 5.41) is 3.82. The van der Waals surface area contributed by atoms with Crippen LogP contribution in [0.2, 0.25) is 5.02 Å². The van der Waals surface area contributed by atoms with Crippen molar-refractivity contribution in [3.8, 4) is 0 Å². The molecule has 2 heterocycles. The van der Waals surface area contributed by atoms with Crippen LogP contribution in [-0.4, -0.2) is 39.9 Å². The molecule has 0 spiro atoms. The molecule has 1 amide bonds. The number of carbonyl (C=O) groups excluding carboxylic acids is 1. The molecule has 4 rings (SSSR count). The van der Waals surface area contributed by atoms with E-state index < -0.39 is 17.6 Å². The van der Waals surface area contributed by atoms with E-state index in [0.717, 1.165) is 17.1 Å². The summed E-state index contributed by atoms with van der Waals surface area (Å²) in [6, 6.07) is 7.07. The number of nitrogens with zero attached hydrogens (tertiary/aromatic N) is 3. The standard InChI is InChI=1S/C22H20ClF3N4O/c1-12-3-4-16(22(24,25)26)15(7-12)21(31)30-6-5-14(11-30)28-20-10-27-18-8-13(2)17(23)9-19(18)29-20/h3-4,7-10,14H,5-6,11H2,1-2H3,(H,28,29). The number of aryl methyl sites for hydroxylation is 2. The van der Waals surface area contributed by atoms with Gasteiger partial charge in [-0.25, -0.2) is 4.98 Å². The number of halogens is 4. The topological polar surface area (TPSA) is 58.1 Å². The van der Waals surface area contributed by atoms with Gasteiger partial charge in [0, 0.05) is 24.2 Å². The molecule has 0 radical (unpaired) electrons. The normalized spacial score (nSPS) is 16.7. The van der Waals surface area contributed by atoms with Crippen molar-refractivity contribution in [2.75, 3.05) is 18.4 Å². The molecule has 162 valence electrons. The Balaban J connectivity index is 1.50. The molecule has 1 aromatic heterocycles.